The Bertz CT molecular complexity index is 1200. The van der Waals surface area contributed by atoms with Crippen LogP contribution in [0.25, 0.3) is 0 Å². The molecule has 2 aliphatic rings. The lowest BCUT2D eigenvalue weighted by molar-refractivity contribution is -0.126. The van der Waals surface area contributed by atoms with Gasteiger partial charge in [0.2, 0.25) is 15.9 Å². The number of fused-ring (bicyclic) bond motifs is 1. The second kappa shape index (κ2) is 10.2. The predicted molar refractivity (Wildman–Crippen MR) is 127 cm³/mol. The number of ether oxygens (including phenoxy) is 2. The number of nitrogens with zero attached hydrogens (tertiary/aromatic N) is 1. The number of rotatable bonds is 7. The molecular formula is C23H26ClN3O6S. The number of benzene rings is 2. The summed E-state index contributed by atoms with van der Waals surface area (Å²) in [6, 6.07) is 10.2. The number of carbonyl (C=O) groups is 2. The van der Waals surface area contributed by atoms with Crippen LogP contribution in [0.3, 0.4) is 0 Å². The van der Waals surface area contributed by atoms with Gasteiger partial charge in [-0.2, -0.15) is 4.31 Å². The third-order valence-electron chi connectivity index (χ3n) is 5.84. The van der Waals surface area contributed by atoms with E-state index in [0.29, 0.717) is 31.7 Å². The van der Waals surface area contributed by atoms with Gasteiger partial charge in [-0.3, -0.25) is 9.59 Å². The fourth-order valence-electron chi connectivity index (χ4n) is 4.05. The standard InChI is InChI=1S/C23H26ClN3O6S/c1-2-32-19-6-4-3-5-16(19)13-25-23(29)15-7-9-27(10-8-15)34(30,31)21-12-20-18(11-17(21)24)26-22(28)14-33-20/h3-6,11-12,15H,2,7-10,13-14H2,1H3,(H,25,29)(H,26,28). The third-order valence-corrected chi connectivity index (χ3v) is 8.20. The Labute approximate surface area is 203 Å². The molecule has 1 saturated heterocycles. The van der Waals surface area contributed by atoms with Gasteiger partial charge in [-0.15, -0.1) is 0 Å². The van der Waals surface area contributed by atoms with Crippen molar-refractivity contribution in [2.75, 3.05) is 31.6 Å². The first-order chi connectivity index (χ1) is 16.3. The minimum atomic E-state index is -3.90. The van der Waals surface area contributed by atoms with Gasteiger partial charge in [-0.25, -0.2) is 8.42 Å². The maximum absolute atomic E-state index is 13.2. The summed E-state index contributed by atoms with van der Waals surface area (Å²) in [6.45, 7) is 2.98. The van der Waals surface area contributed by atoms with Crippen molar-refractivity contribution in [3.8, 4) is 11.5 Å². The van der Waals surface area contributed by atoms with Crippen LogP contribution in [-0.4, -0.2) is 50.8 Å². The largest absolute Gasteiger partial charge is 0.494 e. The highest BCUT2D eigenvalue weighted by Gasteiger charge is 2.34. The van der Waals surface area contributed by atoms with Crippen LogP contribution in [0.15, 0.2) is 41.3 Å². The minimum Gasteiger partial charge on any atom is -0.494 e. The number of para-hydroxylation sites is 1. The normalized spacial score (nSPS) is 16.8. The molecule has 0 bridgehead atoms. The molecule has 0 unspecified atom stereocenters. The molecule has 2 aliphatic heterocycles. The smallest absolute Gasteiger partial charge is 0.262 e. The van der Waals surface area contributed by atoms with Gasteiger partial charge in [0, 0.05) is 37.2 Å². The van der Waals surface area contributed by atoms with Crippen molar-refractivity contribution >= 4 is 39.1 Å². The van der Waals surface area contributed by atoms with Crippen molar-refractivity contribution in [2.45, 2.75) is 31.2 Å². The first kappa shape index (κ1) is 24.3. The van der Waals surface area contributed by atoms with Crippen LogP contribution in [0, 0.1) is 5.92 Å². The number of amides is 2. The van der Waals surface area contributed by atoms with Crippen LogP contribution in [0.1, 0.15) is 25.3 Å². The van der Waals surface area contributed by atoms with Gasteiger partial charge in [0.1, 0.15) is 16.4 Å². The molecule has 2 heterocycles. The molecule has 9 nitrogen and oxygen atoms in total. The number of halogens is 1. The zero-order valence-electron chi connectivity index (χ0n) is 18.7. The lowest BCUT2D eigenvalue weighted by Gasteiger charge is -2.31. The molecule has 0 aliphatic carbocycles. The first-order valence-corrected chi connectivity index (χ1v) is 12.9. The summed E-state index contributed by atoms with van der Waals surface area (Å²) in [7, 11) is -3.90. The lowest BCUT2D eigenvalue weighted by atomic mass is 9.97. The Balaban J connectivity index is 1.38. The second-order valence-corrected chi connectivity index (χ2v) is 10.4. The number of carbonyl (C=O) groups excluding carboxylic acids is 2. The van der Waals surface area contributed by atoms with E-state index in [1.54, 1.807) is 0 Å². The van der Waals surface area contributed by atoms with Gasteiger partial charge in [0.15, 0.2) is 6.61 Å². The van der Waals surface area contributed by atoms with Gasteiger partial charge in [-0.1, -0.05) is 29.8 Å². The zero-order chi connectivity index (χ0) is 24.3. The molecule has 0 spiro atoms. The summed E-state index contributed by atoms with van der Waals surface area (Å²) in [4.78, 5) is 24.1. The third kappa shape index (κ3) is 5.13. The molecule has 0 radical (unpaired) electrons. The zero-order valence-corrected chi connectivity index (χ0v) is 20.2. The highest BCUT2D eigenvalue weighted by atomic mass is 35.5. The van der Waals surface area contributed by atoms with E-state index in [-0.39, 0.29) is 53.1 Å². The highest BCUT2D eigenvalue weighted by Crippen LogP contribution is 2.37. The van der Waals surface area contributed by atoms with Crippen molar-refractivity contribution < 1.29 is 27.5 Å². The number of nitrogens with one attached hydrogen (secondary N) is 2. The first-order valence-electron chi connectivity index (χ1n) is 11.0. The summed E-state index contributed by atoms with van der Waals surface area (Å²) in [5.74, 6) is 0.254. The van der Waals surface area contributed by atoms with Crippen LogP contribution in [0.2, 0.25) is 5.02 Å². The Hall–Kier alpha value is -2.82. The summed E-state index contributed by atoms with van der Waals surface area (Å²) in [5.41, 5.74) is 1.22. The van der Waals surface area contributed by atoms with Gasteiger partial charge < -0.3 is 20.1 Å². The summed E-state index contributed by atoms with van der Waals surface area (Å²) in [5, 5.41) is 5.54. The lowest BCUT2D eigenvalue weighted by Crippen LogP contribution is -2.43. The van der Waals surface area contributed by atoms with Crippen LogP contribution in [-0.2, 0) is 26.2 Å². The van der Waals surface area contributed by atoms with Crippen molar-refractivity contribution in [3.05, 3.63) is 47.0 Å². The van der Waals surface area contributed by atoms with Crippen LogP contribution >= 0.6 is 11.6 Å². The molecular weight excluding hydrogens is 482 g/mol. The van der Waals surface area contributed by atoms with E-state index in [4.69, 9.17) is 21.1 Å². The molecule has 2 aromatic carbocycles. The van der Waals surface area contributed by atoms with E-state index in [0.717, 1.165) is 11.3 Å². The minimum absolute atomic E-state index is 0.00243. The van der Waals surface area contributed by atoms with Crippen LogP contribution < -0.4 is 20.1 Å². The Morgan fingerprint density at radius 2 is 2.00 bits per heavy atom. The van der Waals surface area contributed by atoms with Gasteiger partial charge in [-0.05, 0) is 31.9 Å². The number of hydrogen-bond acceptors (Lipinski definition) is 6. The average molecular weight is 508 g/mol. The number of anilines is 1. The average Bonchev–Trinajstić information content (AvgIpc) is 2.83. The topological polar surface area (TPSA) is 114 Å². The SMILES string of the molecule is CCOc1ccccc1CNC(=O)C1CCN(S(=O)(=O)c2cc3c(cc2Cl)NC(=O)CO3)CC1. The molecule has 0 atom stereocenters. The summed E-state index contributed by atoms with van der Waals surface area (Å²) < 4.78 is 38.7. The Morgan fingerprint density at radius 1 is 1.26 bits per heavy atom. The van der Waals surface area contributed by atoms with E-state index in [9.17, 15) is 18.0 Å². The maximum atomic E-state index is 13.2. The van der Waals surface area contributed by atoms with Crippen LogP contribution in [0.5, 0.6) is 11.5 Å². The Morgan fingerprint density at radius 3 is 2.74 bits per heavy atom. The molecule has 34 heavy (non-hydrogen) atoms. The number of hydrogen-bond donors (Lipinski definition) is 2. The monoisotopic (exact) mass is 507 g/mol. The molecule has 2 aromatic rings. The van der Waals surface area contributed by atoms with E-state index in [1.807, 2.05) is 31.2 Å². The molecule has 0 saturated carbocycles. The van der Waals surface area contributed by atoms with Gasteiger partial charge in [0.05, 0.1) is 17.3 Å². The summed E-state index contributed by atoms with van der Waals surface area (Å²) >= 11 is 6.24. The van der Waals surface area contributed by atoms with Gasteiger partial charge in [0.25, 0.3) is 5.91 Å². The van der Waals surface area contributed by atoms with Crippen molar-refractivity contribution in [1.29, 1.82) is 0 Å². The van der Waals surface area contributed by atoms with Crippen molar-refractivity contribution in [2.24, 2.45) is 5.92 Å². The van der Waals surface area contributed by atoms with Crippen LogP contribution in [0.4, 0.5) is 5.69 Å². The van der Waals surface area contributed by atoms with E-state index >= 15 is 0 Å². The molecule has 1 fully saturated rings. The predicted octanol–water partition coefficient (Wildman–Crippen LogP) is 2.79. The fraction of sp³-hybridized carbons (Fsp3) is 0.391. The van der Waals surface area contributed by atoms with E-state index in [2.05, 4.69) is 10.6 Å². The van der Waals surface area contributed by atoms with E-state index < -0.39 is 10.0 Å². The van der Waals surface area contributed by atoms with Crippen molar-refractivity contribution in [1.82, 2.24) is 9.62 Å². The molecule has 4 rings (SSSR count). The van der Waals surface area contributed by atoms with Crippen molar-refractivity contribution in [3.63, 3.8) is 0 Å². The molecule has 0 aromatic heterocycles. The highest BCUT2D eigenvalue weighted by molar-refractivity contribution is 7.89. The second-order valence-electron chi connectivity index (χ2n) is 8.05. The van der Waals surface area contributed by atoms with E-state index in [1.165, 1.54) is 16.4 Å². The molecule has 182 valence electrons. The maximum Gasteiger partial charge on any atom is 0.262 e. The Kier molecular flexibility index (Phi) is 7.30. The number of sulfonamides is 1. The molecule has 2 N–H and O–H groups in total. The fourth-order valence-corrected chi connectivity index (χ4v) is 6.04. The number of piperidine rings is 1. The summed E-state index contributed by atoms with van der Waals surface area (Å²) in [6.07, 6.45) is 0.792. The molecule has 2 amide bonds. The molecule has 11 heteroatoms. The quantitative estimate of drug-likeness (QED) is 0.595. The van der Waals surface area contributed by atoms with Gasteiger partial charge >= 0.3 is 0 Å².